The normalized spacial score (nSPS) is 15.6. The molecule has 29 nitrogen and oxygen atoms in total. The van der Waals surface area contributed by atoms with Crippen LogP contribution >= 0.6 is 0 Å². The van der Waals surface area contributed by atoms with Gasteiger partial charge in [-0.15, -0.1) is 0 Å². The molecule has 4 fully saturated rings. The Bertz CT molecular complexity index is 6980. The van der Waals surface area contributed by atoms with Crippen LogP contribution in [0.25, 0.3) is 67.6 Å². The molecule has 16 aromatic rings. The largest absolute Gasteiger partial charge is 0.492 e. The number of ether oxygens (including phenoxy) is 9. The van der Waals surface area contributed by atoms with Gasteiger partial charge in [0.2, 0.25) is 11.8 Å². The van der Waals surface area contributed by atoms with Gasteiger partial charge >= 0.3 is 0 Å². The van der Waals surface area contributed by atoms with Gasteiger partial charge in [-0.25, -0.2) is 38.0 Å². The molecule has 24 rings (SSSR count). The number of nitrogens with one attached hydrogen (secondary N) is 2. The topological polar surface area (TPSA) is 275 Å². The third-order valence-corrected chi connectivity index (χ3v) is 26.5. The average Bonchev–Trinajstić information content (AvgIpc) is 1.64. The Labute approximate surface area is 813 Å². The van der Waals surface area contributed by atoms with Crippen molar-refractivity contribution in [3.63, 3.8) is 0 Å². The number of amides is 2. The first-order valence-corrected chi connectivity index (χ1v) is 49.5. The lowest BCUT2D eigenvalue weighted by Crippen LogP contribution is -2.33. The number of benzene rings is 8. The molecule has 2 amide bonds. The number of likely N-dealkylation sites (tertiary alicyclic amines) is 4. The molecule has 8 aliphatic rings. The van der Waals surface area contributed by atoms with Gasteiger partial charge in [-0.3, -0.25) is 19.4 Å². The van der Waals surface area contributed by atoms with Crippen molar-refractivity contribution >= 4 is 45.8 Å². The van der Waals surface area contributed by atoms with Gasteiger partial charge in [0.25, 0.3) is 0 Å². The summed E-state index contributed by atoms with van der Waals surface area (Å²) in [5, 5.41) is 25.3. The van der Waals surface area contributed by atoms with E-state index in [1.54, 1.807) is 0 Å². The van der Waals surface area contributed by atoms with Crippen molar-refractivity contribution in [1.29, 1.82) is 0 Å². The molecule has 8 aliphatic heterocycles. The van der Waals surface area contributed by atoms with Crippen LogP contribution in [0.2, 0.25) is 0 Å². The van der Waals surface area contributed by atoms with E-state index in [1.807, 2.05) is 218 Å². The van der Waals surface area contributed by atoms with E-state index in [1.165, 1.54) is 108 Å². The number of fused-ring (bicyclic) bond motifs is 8. The fourth-order valence-corrected chi connectivity index (χ4v) is 19.3. The van der Waals surface area contributed by atoms with Crippen LogP contribution in [-0.4, -0.2) is 228 Å². The standard InChI is InChI=1S/C28H29N5O3.C28H30N4O3.C28H30N4O2.C27H27N5O3/c34-28(12-15-32-13-1-2-14-32)29-22-9-6-20(7-10-22)18-26-30-27-5-3-4-23(33(27)31-26)21-8-11-24-25(19-21)36-17-16-35-24;1-2-13-31(14-3-1)15-16-33-23-10-7-21(8-11-23)19-27-29-28-6-4-5-24(32(28)30-27)22-9-12-25-26(20-22)35-18-17-34-25;1-2-15-31(14-1)16-4-5-21-8-10-22(11-9-21)19-27-29-28-7-3-6-24(32(28)30-27)23-12-13-25-26(20-23)34-18-17-33-25;33-27(18-31-11-1-2-12-31)28-21-6-3-5-19(15-21)16-25-29-26-8-4-7-22(32(26)30-25)20-9-10-23-24(17-20)35-14-13-34-23/h3-11,19H,1-2,12-18H2,(H,29,34);4-12,20H,1-3,13-19H2;3,6-13,20H,1-2,4-5,14-19H2;3-10,15,17H,1-2,11-14,16,18H2,(H,28,33). The maximum atomic E-state index is 12.4. The number of hydrogen-bond acceptors (Lipinski definition) is 23. The van der Waals surface area contributed by atoms with Crippen molar-refractivity contribution in [3.05, 3.63) is 294 Å². The summed E-state index contributed by atoms with van der Waals surface area (Å²) in [6.07, 6.45) is 17.0. The number of anilines is 2. The number of carbonyl (C=O) groups excluding carboxylic acids is 2. The van der Waals surface area contributed by atoms with Crippen molar-refractivity contribution in [2.24, 2.45) is 0 Å². The molecule has 140 heavy (non-hydrogen) atoms. The molecule has 16 heterocycles. The highest BCUT2D eigenvalue weighted by molar-refractivity contribution is 5.92. The van der Waals surface area contributed by atoms with Crippen LogP contribution in [0, 0.1) is 0 Å². The highest BCUT2D eigenvalue weighted by Crippen LogP contribution is 2.40. The fraction of sp³-hybridized carbons (Fsp3) is 0.333. The lowest BCUT2D eigenvalue weighted by molar-refractivity contribution is -0.117. The number of aromatic nitrogens is 12. The Morgan fingerprint density at radius 2 is 0.629 bits per heavy atom. The van der Waals surface area contributed by atoms with E-state index in [2.05, 4.69) is 72.7 Å². The molecule has 0 radical (unpaired) electrons. The second-order valence-electron chi connectivity index (χ2n) is 36.6. The van der Waals surface area contributed by atoms with E-state index in [0.717, 1.165) is 229 Å². The summed E-state index contributed by atoms with van der Waals surface area (Å²) < 4.78 is 59.2. The molecule has 2 N–H and O–H groups in total. The first kappa shape index (κ1) is 91.6. The minimum atomic E-state index is 0.0268. The molecule has 0 aliphatic carbocycles. The molecule has 29 heteroatoms. The Hall–Kier alpha value is -14.8. The summed E-state index contributed by atoms with van der Waals surface area (Å²) in [4.78, 5) is 53.4. The molecular formula is C111H116N18O11. The molecule has 0 atom stereocenters. The quantitative estimate of drug-likeness (QED) is 0.0484. The van der Waals surface area contributed by atoms with Crippen molar-refractivity contribution < 1.29 is 52.2 Å². The van der Waals surface area contributed by atoms with Crippen molar-refractivity contribution in [2.75, 3.05) is 149 Å². The summed E-state index contributed by atoms with van der Waals surface area (Å²) in [5.41, 5.74) is 18.6. The molecule has 716 valence electrons. The van der Waals surface area contributed by atoms with Crippen molar-refractivity contribution in [1.82, 2.24) is 78.0 Å². The summed E-state index contributed by atoms with van der Waals surface area (Å²) in [6.45, 7) is 18.0. The van der Waals surface area contributed by atoms with Gasteiger partial charge in [0.1, 0.15) is 65.2 Å². The minimum absolute atomic E-state index is 0.0268. The van der Waals surface area contributed by atoms with Gasteiger partial charge in [-0.05, 0) is 309 Å². The third-order valence-electron chi connectivity index (χ3n) is 26.5. The number of carbonyl (C=O) groups is 2. The molecule has 0 unspecified atom stereocenters. The second-order valence-corrected chi connectivity index (χ2v) is 36.6. The highest BCUT2D eigenvalue weighted by Gasteiger charge is 2.25. The van der Waals surface area contributed by atoms with Gasteiger partial charge < -0.3 is 63.1 Å². The zero-order valence-corrected chi connectivity index (χ0v) is 78.9. The zero-order valence-electron chi connectivity index (χ0n) is 78.9. The molecule has 0 bridgehead atoms. The predicted molar refractivity (Wildman–Crippen MR) is 538 cm³/mol. The lowest BCUT2D eigenvalue weighted by atomic mass is 10.1. The number of aryl methyl sites for hydroxylation is 1. The molecule has 8 aromatic carbocycles. The Balaban J connectivity index is 0.000000111. The Morgan fingerprint density at radius 1 is 0.293 bits per heavy atom. The van der Waals surface area contributed by atoms with Gasteiger partial charge in [0.05, 0.1) is 29.3 Å². The SMILES string of the molecule is O=C(CCN1CCCC1)Nc1ccc(Cc2nc3cccc(-c4ccc5c(c4)OCCO5)n3n2)cc1.O=C(CN1CCCC1)Nc1cccc(Cc2nc3cccc(-c4ccc5c(c4)OCCO5)n3n2)c1.c1cc(-c2ccc3c(c2)OCCO3)n2nc(Cc3ccc(CCCN4CCCC4)cc3)nc2c1.c1cc(-c2ccc3c(c2)OCCO3)n2nc(Cc3ccc(OCCN4CCCCC4)cc3)nc2c1. The molecular weight excluding hydrogens is 1760 g/mol. The van der Waals surface area contributed by atoms with E-state index in [0.29, 0.717) is 85.1 Å². The number of nitrogens with zero attached hydrogens (tertiary/aromatic N) is 16. The highest BCUT2D eigenvalue weighted by atomic mass is 16.6. The van der Waals surface area contributed by atoms with E-state index in [4.69, 9.17) is 83.0 Å². The summed E-state index contributed by atoms with van der Waals surface area (Å²) >= 11 is 0. The number of rotatable bonds is 27. The molecule has 8 aromatic heterocycles. The molecule has 0 spiro atoms. The maximum absolute atomic E-state index is 12.4. The van der Waals surface area contributed by atoms with Gasteiger partial charge in [0, 0.05) is 78.8 Å². The van der Waals surface area contributed by atoms with Gasteiger partial charge in [0.15, 0.2) is 91.9 Å². The first-order chi connectivity index (χ1) is 69.0. The maximum Gasteiger partial charge on any atom is 0.238 e. The van der Waals surface area contributed by atoms with Gasteiger partial charge in [-0.1, -0.05) is 91.3 Å². The molecule has 4 saturated heterocycles. The molecule has 0 saturated carbocycles. The monoisotopic (exact) mass is 1880 g/mol. The van der Waals surface area contributed by atoms with Crippen LogP contribution in [0.3, 0.4) is 0 Å². The Kier molecular flexibility index (Phi) is 28.7. The van der Waals surface area contributed by atoms with Crippen LogP contribution in [0.15, 0.2) is 243 Å². The second kappa shape index (κ2) is 43.9. The number of pyridine rings is 4. The zero-order chi connectivity index (χ0) is 94.1. The summed E-state index contributed by atoms with van der Waals surface area (Å²) in [6, 6.07) is 81.0. The average molecular weight is 1880 g/mol. The van der Waals surface area contributed by atoms with Crippen LogP contribution in [0.1, 0.15) is 122 Å². The number of hydrogen-bond donors (Lipinski definition) is 2. The van der Waals surface area contributed by atoms with Crippen LogP contribution in [0.4, 0.5) is 11.4 Å². The predicted octanol–water partition coefficient (Wildman–Crippen LogP) is 17.4. The van der Waals surface area contributed by atoms with E-state index in [9.17, 15) is 9.59 Å². The third kappa shape index (κ3) is 22.9. The first-order valence-electron chi connectivity index (χ1n) is 49.5. The Morgan fingerprint density at radius 3 is 1.04 bits per heavy atom. The number of piperidine rings is 1. The van der Waals surface area contributed by atoms with Crippen LogP contribution < -0.4 is 53.3 Å². The lowest BCUT2D eigenvalue weighted by Gasteiger charge is -2.26. The summed E-state index contributed by atoms with van der Waals surface area (Å²) in [7, 11) is 0. The van der Waals surface area contributed by atoms with Crippen LogP contribution in [-0.2, 0) is 41.7 Å². The van der Waals surface area contributed by atoms with Crippen LogP contribution in [0.5, 0.6) is 51.7 Å². The van der Waals surface area contributed by atoms with Crippen molar-refractivity contribution in [3.8, 4) is 96.8 Å². The van der Waals surface area contributed by atoms with Gasteiger partial charge in [-0.2, -0.15) is 20.4 Å². The summed E-state index contributed by atoms with van der Waals surface area (Å²) in [5.74, 6) is 10.2. The van der Waals surface area contributed by atoms with E-state index in [-0.39, 0.29) is 11.8 Å². The fourth-order valence-electron chi connectivity index (χ4n) is 19.3. The smallest absolute Gasteiger partial charge is 0.238 e. The minimum Gasteiger partial charge on any atom is -0.492 e. The van der Waals surface area contributed by atoms with Crippen molar-refractivity contribution in [2.45, 2.75) is 103 Å². The van der Waals surface area contributed by atoms with E-state index >= 15 is 0 Å². The van der Waals surface area contributed by atoms with E-state index < -0.39 is 0 Å².